The van der Waals surface area contributed by atoms with Gasteiger partial charge in [0, 0.05) is 16.5 Å². The molecule has 0 fully saturated rings. The number of allylic oxidation sites excluding steroid dienone is 1. The van der Waals surface area contributed by atoms with E-state index in [0.29, 0.717) is 22.2 Å². The Bertz CT molecular complexity index is 737. The summed E-state index contributed by atoms with van der Waals surface area (Å²) in [5.41, 5.74) is 1.80. The molecule has 0 radical (unpaired) electrons. The maximum atomic E-state index is 14.2. The molecule has 0 amide bonds. The summed E-state index contributed by atoms with van der Waals surface area (Å²) in [4.78, 5) is 16.9. The Morgan fingerprint density at radius 1 is 1.43 bits per heavy atom. The molecule has 0 saturated heterocycles. The molecule has 0 saturated carbocycles. The van der Waals surface area contributed by atoms with Gasteiger partial charge in [-0.2, -0.15) is 0 Å². The van der Waals surface area contributed by atoms with Crippen LogP contribution in [0.1, 0.15) is 47.8 Å². The Morgan fingerprint density at radius 3 is 2.74 bits per heavy atom. The second-order valence-corrected chi connectivity index (χ2v) is 6.23. The number of benzene rings is 1. The van der Waals surface area contributed by atoms with Crippen LogP contribution >= 0.6 is 15.9 Å². The maximum Gasteiger partial charge on any atom is 0.203 e. The number of carbonyl (C=O) groups excluding carboxylic acids is 1. The van der Waals surface area contributed by atoms with E-state index in [9.17, 15) is 9.18 Å². The average molecular weight is 379 g/mol. The van der Waals surface area contributed by atoms with Crippen LogP contribution in [0.15, 0.2) is 35.3 Å². The number of aromatic nitrogens is 2. The molecule has 1 aromatic heterocycles. The van der Waals surface area contributed by atoms with Gasteiger partial charge in [-0.1, -0.05) is 42.4 Å². The molecular weight excluding hydrogens is 359 g/mol. The van der Waals surface area contributed by atoms with Crippen LogP contribution in [0.3, 0.4) is 0 Å². The lowest BCUT2D eigenvalue weighted by Gasteiger charge is -2.12. The molecule has 0 aliphatic carbocycles. The van der Waals surface area contributed by atoms with Crippen molar-refractivity contribution >= 4 is 21.7 Å². The molecular formula is C18H20BrFN2O. The van der Waals surface area contributed by atoms with Crippen molar-refractivity contribution in [1.29, 1.82) is 0 Å². The van der Waals surface area contributed by atoms with Crippen LogP contribution < -0.4 is 0 Å². The first-order chi connectivity index (χ1) is 11.0. The first-order valence-electron chi connectivity index (χ1n) is 7.70. The van der Waals surface area contributed by atoms with Crippen LogP contribution in [-0.4, -0.2) is 15.3 Å². The van der Waals surface area contributed by atoms with Gasteiger partial charge in [-0.05, 0) is 31.1 Å². The van der Waals surface area contributed by atoms with Crippen LogP contribution in [0, 0.1) is 5.82 Å². The fourth-order valence-corrected chi connectivity index (χ4v) is 2.91. The molecule has 1 heterocycles. The highest BCUT2D eigenvalue weighted by atomic mass is 79.9. The zero-order valence-corrected chi connectivity index (χ0v) is 15.0. The number of hydrogen-bond acceptors (Lipinski definition) is 2. The van der Waals surface area contributed by atoms with Gasteiger partial charge in [-0.15, -0.1) is 0 Å². The predicted molar refractivity (Wildman–Crippen MR) is 93.3 cm³/mol. The number of ketones is 1. The predicted octanol–water partition coefficient (Wildman–Crippen LogP) is 4.72. The van der Waals surface area contributed by atoms with Crippen molar-refractivity contribution in [1.82, 2.24) is 9.55 Å². The van der Waals surface area contributed by atoms with Crippen LogP contribution in [0.5, 0.6) is 0 Å². The number of hydrogen-bond donors (Lipinski definition) is 0. The smallest absolute Gasteiger partial charge is 0.203 e. The Balaban J connectivity index is 2.55. The minimum atomic E-state index is -0.300. The third-order valence-corrected chi connectivity index (χ3v) is 4.18. The zero-order valence-electron chi connectivity index (χ0n) is 13.4. The summed E-state index contributed by atoms with van der Waals surface area (Å²) in [6.07, 6.45) is 3.60. The summed E-state index contributed by atoms with van der Waals surface area (Å²) >= 11 is 3.26. The van der Waals surface area contributed by atoms with Crippen molar-refractivity contribution in [2.45, 2.75) is 39.7 Å². The van der Waals surface area contributed by atoms with Gasteiger partial charge < -0.3 is 4.57 Å². The fraction of sp³-hybridized carbons (Fsp3) is 0.333. The largest absolute Gasteiger partial charge is 0.320 e. The highest BCUT2D eigenvalue weighted by molar-refractivity contribution is 9.10. The van der Waals surface area contributed by atoms with Gasteiger partial charge in [0.15, 0.2) is 0 Å². The molecule has 0 spiro atoms. The highest BCUT2D eigenvalue weighted by Crippen LogP contribution is 2.21. The molecule has 0 N–H and O–H groups in total. The third kappa shape index (κ3) is 3.78. The highest BCUT2D eigenvalue weighted by Gasteiger charge is 2.20. The Hall–Kier alpha value is -1.75. The quantitative estimate of drug-likeness (QED) is 0.516. The van der Waals surface area contributed by atoms with E-state index in [1.165, 1.54) is 12.1 Å². The molecule has 0 atom stereocenters. The summed E-state index contributed by atoms with van der Waals surface area (Å²) in [6.45, 7) is 7.88. The van der Waals surface area contributed by atoms with Crippen molar-refractivity contribution in [2.75, 3.05) is 0 Å². The van der Waals surface area contributed by atoms with E-state index in [2.05, 4.69) is 34.4 Å². The summed E-state index contributed by atoms with van der Waals surface area (Å²) in [5, 5.41) is 0. The normalized spacial score (nSPS) is 10.8. The van der Waals surface area contributed by atoms with Gasteiger partial charge in [0.25, 0.3) is 0 Å². The molecule has 5 heteroatoms. The summed E-state index contributed by atoms with van der Waals surface area (Å²) < 4.78 is 16.7. The van der Waals surface area contributed by atoms with Crippen molar-refractivity contribution in [3.8, 4) is 0 Å². The molecule has 0 aliphatic heterocycles. The Kier molecular flexibility index (Phi) is 5.88. The van der Waals surface area contributed by atoms with Crippen molar-refractivity contribution in [3.63, 3.8) is 0 Å². The molecule has 2 rings (SSSR count). The molecule has 3 nitrogen and oxygen atoms in total. The van der Waals surface area contributed by atoms with E-state index in [1.807, 2.05) is 11.5 Å². The standard InChI is InChI=1S/C18H20BrFN2O/c1-4-7-17-21-15(5-2)18(16(23)6-3)22(17)11-12-8-9-13(19)10-14(12)20/h6,8-10H,3-5,7,11H2,1-2H3. The van der Waals surface area contributed by atoms with E-state index in [4.69, 9.17) is 0 Å². The van der Waals surface area contributed by atoms with Crippen molar-refractivity contribution in [3.05, 3.63) is 63.9 Å². The Morgan fingerprint density at radius 2 is 2.17 bits per heavy atom. The number of halogens is 2. The molecule has 1 aromatic carbocycles. The van der Waals surface area contributed by atoms with E-state index in [0.717, 1.165) is 24.4 Å². The van der Waals surface area contributed by atoms with Crippen LogP contribution in [0.2, 0.25) is 0 Å². The van der Waals surface area contributed by atoms with Gasteiger partial charge in [0.1, 0.15) is 17.3 Å². The lowest BCUT2D eigenvalue weighted by atomic mass is 10.1. The number of carbonyl (C=O) groups is 1. The van der Waals surface area contributed by atoms with E-state index in [1.54, 1.807) is 12.1 Å². The first-order valence-corrected chi connectivity index (χ1v) is 8.50. The summed E-state index contributed by atoms with van der Waals surface area (Å²) in [5.74, 6) is 0.344. The summed E-state index contributed by atoms with van der Waals surface area (Å²) in [7, 11) is 0. The number of aryl methyl sites for hydroxylation is 2. The summed E-state index contributed by atoms with van der Waals surface area (Å²) in [6, 6.07) is 4.95. The van der Waals surface area contributed by atoms with Crippen molar-refractivity contribution in [2.24, 2.45) is 0 Å². The molecule has 0 aliphatic rings. The minimum Gasteiger partial charge on any atom is -0.320 e. The van der Waals surface area contributed by atoms with Crippen molar-refractivity contribution < 1.29 is 9.18 Å². The molecule has 0 unspecified atom stereocenters. The minimum absolute atomic E-state index is 0.172. The van der Waals surface area contributed by atoms with Gasteiger partial charge in [-0.3, -0.25) is 4.79 Å². The monoisotopic (exact) mass is 378 g/mol. The topological polar surface area (TPSA) is 34.9 Å². The van der Waals surface area contributed by atoms with Gasteiger partial charge in [0.2, 0.25) is 5.78 Å². The number of nitrogens with zero attached hydrogens (tertiary/aromatic N) is 2. The average Bonchev–Trinajstić information content (AvgIpc) is 2.87. The molecule has 122 valence electrons. The number of rotatable bonds is 7. The van der Waals surface area contributed by atoms with Gasteiger partial charge in [-0.25, -0.2) is 9.37 Å². The van der Waals surface area contributed by atoms with Crippen LogP contribution in [-0.2, 0) is 19.4 Å². The molecule has 2 aromatic rings. The molecule has 23 heavy (non-hydrogen) atoms. The van der Waals surface area contributed by atoms with Gasteiger partial charge >= 0.3 is 0 Å². The zero-order chi connectivity index (χ0) is 17.0. The van der Waals surface area contributed by atoms with Crippen LogP contribution in [0.4, 0.5) is 4.39 Å². The molecule has 0 bridgehead atoms. The van der Waals surface area contributed by atoms with E-state index < -0.39 is 0 Å². The lowest BCUT2D eigenvalue weighted by Crippen LogP contribution is -2.13. The van der Waals surface area contributed by atoms with E-state index >= 15 is 0 Å². The second kappa shape index (κ2) is 7.68. The maximum absolute atomic E-state index is 14.2. The third-order valence-electron chi connectivity index (χ3n) is 3.69. The first kappa shape index (κ1) is 17.6. The fourth-order valence-electron chi connectivity index (χ4n) is 2.58. The SMILES string of the molecule is C=CC(=O)c1c(CC)nc(CCC)n1Cc1ccc(Br)cc1F. The number of imidazole rings is 1. The van der Waals surface area contributed by atoms with Crippen LogP contribution in [0.25, 0.3) is 0 Å². The second-order valence-electron chi connectivity index (χ2n) is 5.32. The van der Waals surface area contributed by atoms with E-state index in [-0.39, 0.29) is 18.1 Å². The lowest BCUT2D eigenvalue weighted by molar-refractivity contribution is 0.103. The van der Waals surface area contributed by atoms with Gasteiger partial charge in [0.05, 0.1) is 12.2 Å². The Labute approximate surface area is 144 Å².